The van der Waals surface area contributed by atoms with E-state index < -0.39 is 0 Å². The molecule has 84 valence electrons. The molecule has 0 bridgehead atoms. The van der Waals surface area contributed by atoms with Crippen LogP contribution in [0.2, 0.25) is 0 Å². The van der Waals surface area contributed by atoms with Crippen LogP contribution in [0, 0.1) is 0 Å². The van der Waals surface area contributed by atoms with Gasteiger partial charge in [0.2, 0.25) is 5.75 Å². The molecule has 1 aromatic rings. The quantitative estimate of drug-likeness (QED) is 0.574. The summed E-state index contributed by atoms with van der Waals surface area (Å²) in [6.07, 6.45) is 3.84. The summed E-state index contributed by atoms with van der Waals surface area (Å²) in [7, 11) is 1.57. The fourth-order valence-corrected chi connectivity index (χ4v) is 1.54. The van der Waals surface area contributed by atoms with Gasteiger partial charge in [-0.15, -0.1) is 0 Å². The van der Waals surface area contributed by atoms with Gasteiger partial charge in [0.05, 0.1) is 7.11 Å². The Hall–Kier alpha value is -1.97. The molecule has 1 aromatic carbocycles. The highest BCUT2D eigenvalue weighted by Gasteiger charge is 2.17. The van der Waals surface area contributed by atoms with Gasteiger partial charge in [-0.25, -0.2) is 0 Å². The Morgan fingerprint density at radius 3 is 2.88 bits per heavy atom. The molecule has 0 unspecified atom stereocenters. The van der Waals surface area contributed by atoms with Crippen LogP contribution in [0.3, 0.4) is 0 Å². The van der Waals surface area contributed by atoms with E-state index in [0.717, 1.165) is 11.8 Å². The lowest BCUT2D eigenvalue weighted by atomic mass is 10.1. The van der Waals surface area contributed by atoms with Crippen molar-refractivity contribution in [1.82, 2.24) is 0 Å². The van der Waals surface area contributed by atoms with Gasteiger partial charge in [0.25, 0.3) is 0 Å². The van der Waals surface area contributed by atoms with Crippen LogP contribution in [0.25, 0.3) is 6.08 Å². The third-order valence-electron chi connectivity index (χ3n) is 2.22. The molecule has 0 amide bonds. The Morgan fingerprint density at radius 1 is 1.31 bits per heavy atom. The van der Waals surface area contributed by atoms with Gasteiger partial charge < -0.3 is 14.2 Å². The highest BCUT2D eigenvalue weighted by molar-refractivity contribution is 5.75. The maximum atomic E-state index is 10.2. The van der Waals surface area contributed by atoms with Gasteiger partial charge in [-0.1, -0.05) is 6.08 Å². The van der Waals surface area contributed by atoms with Crippen molar-refractivity contribution in [2.24, 2.45) is 0 Å². The third kappa shape index (κ3) is 2.00. The number of benzene rings is 1. The number of aldehydes is 1. The number of ether oxygens (including phenoxy) is 3. The Kier molecular flexibility index (Phi) is 3.10. The molecule has 1 heterocycles. The van der Waals surface area contributed by atoms with E-state index in [0.29, 0.717) is 30.5 Å². The molecule has 0 aliphatic carbocycles. The summed E-state index contributed by atoms with van der Waals surface area (Å²) in [4.78, 5) is 10.2. The zero-order valence-electron chi connectivity index (χ0n) is 8.93. The standard InChI is InChI=1S/C12H12O4/c1-14-10-7-9(3-2-4-13)8-11-12(10)16-6-5-15-11/h2-4,7-8H,5-6H2,1H3/b3-2+. The van der Waals surface area contributed by atoms with Crippen molar-refractivity contribution < 1.29 is 19.0 Å². The number of allylic oxidation sites excluding steroid dienone is 1. The Morgan fingerprint density at radius 2 is 2.12 bits per heavy atom. The second kappa shape index (κ2) is 4.70. The molecule has 4 nitrogen and oxygen atoms in total. The molecule has 0 saturated carbocycles. The fraction of sp³-hybridized carbons (Fsp3) is 0.250. The largest absolute Gasteiger partial charge is 0.493 e. The minimum atomic E-state index is 0.521. The number of carbonyl (C=O) groups is 1. The predicted octanol–water partition coefficient (Wildman–Crippen LogP) is 1.68. The van der Waals surface area contributed by atoms with Gasteiger partial charge in [0.1, 0.15) is 19.5 Å². The molecule has 1 aliphatic heterocycles. The molecule has 0 aromatic heterocycles. The summed E-state index contributed by atoms with van der Waals surface area (Å²) in [5.41, 5.74) is 0.841. The molecule has 0 radical (unpaired) electrons. The summed E-state index contributed by atoms with van der Waals surface area (Å²) in [6.45, 7) is 1.05. The molecule has 0 fully saturated rings. The number of carbonyl (C=O) groups excluding carboxylic acids is 1. The third-order valence-corrected chi connectivity index (χ3v) is 2.22. The Bertz CT molecular complexity index is 406. The summed E-state index contributed by atoms with van der Waals surface area (Å²) < 4.78 is 16.1. The minimum absolute atomic E-state index is 0.521. The SMILES string of the molecule is COc1cc(/C=C/C=O)cc2c1OCCO2. The van der Waals surface area contributed by atoms with Crippen LogP contribution in [0.4, 0.5) is 0 Å². The molecule has 0 spiro atoms. The van der Waals surface area contributed by atoms with Gasteiger partial charge in [-0.2, -0.15) is 0 Å². The van der Waals surface area contributed by atoms with E-state index in [9.17, 15) is 4.79 Å². The molecule has 4 heteroatoms. The molecular formula is C12H12O4. The topological polar surface area (TPSA) is 44.8 Å². The van der Waals surface area contributed by atoms with E-state index in [2.05, 4.69) is 0 Å². The zero-order valence-corrected chi connectivity index (χ0v) is 8.93. The molecule has 0 atom stereocenters. The maximum absolute atomic E-state index is 10.2. The highest BCUT2D eigenvalue weighted by atomic mass is 16.6. The van der Waals surface area contributed by atoms with E-state index in [1.807, 2.05) is 6.07 Å². The van der Waals surface area contributed by atoms with Crippen molar-refractivity contribution >= 4 is 12.4 Å². The van der Waals surface area contributed by atoms with Crippen LogP contribution in [0.15, 0.2) is 18.2 Å². The van der Waals surface area contributed by atoms with Crippen molar-refractivity contribution in [1.29, 1.82) is 0 Å². The van der Waals surface area contributed by atoms with Gasteiger partial charge in [-0.05, 0) is 23.8 Å². The normalized spacial score (nSPS) is 13.8. The second-order valence-corrected chi connectivity index (χ2v) is 3.24. The van der Waals surface area contributed by atoms with Crippen LogP contribution >= 0.6 is 0 Å². The van der Waals surface area contributed by atoms with Crippen molar-refractivity contribution in [3.05, 3.63) is 23.8 Å². The number of fused-ring (bicyclic) bond motifs is 1. The van der Waals surface area contributed by atoms with Gasteiger partial charge in [-0.3, -0.25) is 4.79 Å². The first kappa shape index (κ1) is 10.5. The first-order valence-electron chi connectivity index (χ1n) is 4.94. The Balaban J connectivity index is 2.43. The van der Waals surface area contributed by atoms with Crippen molar-refractivity contribution in [3.8, 4) is 17.2 Å². The maximum Gasteiger partial charge on any atom is 0.203 e. The van der Waals surface area contributed by atoms with Crippen molar-refractivity contribution in [2.75, 3.05) is 20.3 Å². The molecule has 0 saturated heterocycles. The molecule has 0 N–H and O–H groups in total. The van der Waals surface area contributed by atoms with Crippen LogP contribution in [-0.4, -0.2) is 26.6 Å². The van der Waals surface area contributed by atoms with Gasteiger partial charge >= 0.3 is 0 Å². The van der Waals surface area contributed by atoms with E-state index in [4.69, 9.17) is 14.2 Å². The number of hydrogen-bond acceptors (Lipinski definition) is 4. The van der Waals surface area contributed by atoms with Crippen molar-refractivity contribution in [3.63, 3.8) is 0 Å². The highest BCUT2D eigenvalue weighted by Crippen LogP contribution is 2.40. The number of methoxy groups -OCH3 is 1. The smallest absolute Gasteiger partial charge is 0.203 e. The summed E-state index contributed by atoms with van der Waals surface area (Å²) in [5, 5.41) is 0. The predicted molar refractivity (Wildman–Crippen MR) is 59.1 cm³/mol. The van der Waals surface area contributed by atoms with Crippen molar-refractivity contribution in [2.45, 2.75) is 0 Å². The van der Waals surface area contributed by atoms with Crippen LogP contribution in [0.5, 0.6) is 17.2 Å². The summed E-state index contributed by atoms with van der Waals surface area (Å²) in [6, 6.07) is 3.62. The number of hydrogen-bond donors (Lipinski definition) is 0. The van der Waals surface area contributed by atoms with E-state index in [-0.39, 0.29) is 0 Å². The lowest BCUT2D eigenvalue weighted by Crippen LogP contribution is -2.16. The van der Waals surface area contributed by atoms with E-state index in [1.165, 1.54) is 6.08 Å². The molecular weight excluding hydrogens is 208 g/mol. The molecule has 16 heavy (non-hydrogen) atoms. The lowest BCUT2D eigenvalue weighted by molar-refractivity contribution is -0.104. The first-order chi connectivity index (χ1) is 7.85. The van der Waals surface area contributed by atoms with Crippen LogP contribution in [0.1, 0.15) is 5.56 Å². The monoisotopic (exact) mass is 220 g/mol. The van der Waals surface area contributed by atoms with Crippen LogP contribution < -0.4 is 14.2 Å². The molecule has 1 aliphatic rings. The zero-order chi connectivity index (χ0) is 11.4. The second-order valence-electron chi connectivity index (χ2n) is 3.24. The van der Waals surface area contributed by atoms with E-state index in [1.54, 1.807) is 19.3 Å². The number of rotatable bonds is 3. The average molecular weight is 220 g/mol. The summed E-state index contributed by atoms with van der Waals surface area (Å²) >= 11 is 0. The molecule has 2 rings (SSSR count). The van der Waals surface area contributed by atoms with Crippen LogP contribution in [-0.2, 0) is 4.79 Å². The minimum Gasteiger partial charge on any atom is -0.493 e. The van der Waals surface area contributed by atoms with E-state index >= 15 is 0 Å². The van der Waals surface area contributed by atoms with Gasteiger partial charge in [0.15, 0.2) is 11.5 Å². The first-order valence-corrected chi connectivity index (χ1v) is 4.94. The lowest BCUT2D eigenvalue weighted by Gasteiger charge is -2.20. The average Bonchev–Trinajstić information content (AvgIpc) is 2.35. The fourth-order valence-electron chi connectivity index (χ4n) is 1.54. The summed E-state index contributed by atoms with van der Waals surface area (Å²) in [5.74, 6) is 1.89. The van der Waals surface area contributed by atoms with Gasteiger partial charge in [0, 0.05) is 0 Å². The Labute approximate surface area is 93.4 Å².